The van der Waals surface area contributed by atoms with Crippen molar-refractivity contribution in [2.24, 2.45) is 0 Å². The van der Waals surface area contributed by atoms with E-state index in [0.717, 1.165) is 29.3 Å². The molecule has 9 nitrogen and oxygen atoms in total. The van der Waals surface area contributed by atoms with Crippen LogP contribution in [0.5, 0.6) is 17.4 Å². The lowest BCUT2D eigenvalue weighted by Crippen LogP contribution is -2.40. The highest BCUT2D eigenvalue weighted by molar-refractivity contribution is 8.03. The molecule has 1 fully saturated rings. The Labute approximate surface area is 240 Å². The van der Waals surface area contributed by atoms with Crippen LogP contribution in [0, 0.1) is 0 Å². The van der Waals surface area contributed by atoms with Gasteiger partial charge >= 0.3 is 18.2 Å². The van der Waals surface area contributed by atoms with Gasteiger partial charge in [0.25, 0.3) is 0 Å². The normalized spacial score (nSPS) is 14.0. The molecular weight excluding hydrogens is 589 g/mol. The first-order valence-electron chi connectivity index (χ1n) is 11.9. The molecule has 0 bridgehead atoms. The van der Waals surface area contributed by atoms with E-state index in [4.69, 9.17) is 14.2 Å². The molecule has 0 unspecified atom stereocenters. The molecule has 1 saturated heterocycles. The minimum Gasteiger partial charge on any atom is -0.461 e. The monoisotopic (exact) mass is 612 g/mol. The van der Waals surface area contributed by atoms with Gasteiger partial charge in [0, 0.05) is 30.6 Å². The zero-order chi connectivity index (χ0) is 28.5. The summed E-state index contributed by atoms with van der Waals surface area (Å²) in [6, 6.07) is 8.14. The van der Waals surface area contributed by atoms with Gasteiger partial charge in [-0.2, -0.15) is 13.2 Å². The van der Waals surface area contributed by atoms with Crippen molar-refractivity contribution in [2.45, 2.75) is 32.9 Å². The summed E-state index contributed by atoms with van der Waals surface area (Å²) in [7, 11) is 0. The summed E-state index contributed by atoms with van der Waals surface area (Å²) in [6.07, 6.45) is -1.23. The molecule has 0 radical (unpaired) electrons. The third kappa shape index (κ3) is 8.86. The fourth-order valence-corrected chi connectivity index (χ4v) is 6.59. The van der Waals surface area contributed by atoms with Crippen LogP contribution in [-0.4, -0.2) is 62.8 Å². The largest absolute Gasteiger partial charge is 0.461 e. The Bertz CT molecular complexity index is 1300. The first-order chi connectivity index (χ1) is 19.2. The predicted molar refractivity (Wildman–Crippen MR) is 144 cm³/mol. The van der Waals surface area contributed by atoms with Crippen molar-refractivity contribution in [3.8, 4) is 17.4 Å². The van der Waals surface area contributed by atoms with Crippen LogP contribution in [0.4, 0.5) is 18.0 Å². The van der Waals surface area contributed by atoms with Crippen LogP contribution in [0.25, 0.3) is 0 Å². The van der Waals surface area contributed by atoms with Gasteiger partial charge in [0.15, 0.2) is 8.68 Å². The van der Waals surface area contributed by atoms with Crippen LogP contribution in [0.3, 0.4) is 0 Å². The van der Waals surface area contributed by atoms with Gasteiger partial charge in [0.1, 0.15) is 18.1 Å². The molecule has 2 aromatic heterocycles. The van der Waals surface area contributed by atoms with Gasteiger partial charge in [0.05, 0.1) is 11.3 Å². The highest BCUT2D eigenvalue weighted by atomic mass is 32.2. The lowest BCUT2D eigenvalue weighted by Gasteiger charge is -2.30. The fraction of sp³-hybridized carbons (Fsp3) is 0.320. The molecule has 1 aliphatic rings. The smallest absolute Gasteiger partial charge is 0.417 e. The molecule has 0 spiro atoms. The topological polar surface area (TPSA) is 104 Å². The Kier molecular flexibility index (Phi) is 10.3. The van der Waals surface area contributed by atoms with Gasteiger partial charge in [-0.25, -0.2) is 9.78 Å². The SMILES string of the molecule is C=CCOC(=O)CSc1nnc(SC2CCN(C(=O)Oc3ccc(Oc4ccc(C(F)(F)F)cn4)cc3)CC2)s1. The maximum absolute atomic E-state index is 12.7. The second-order valence-corrected chi connectivity index (χ2v) is 12.0. The zero-order valence-electron chi connectivity index (χ0n) is 20.8. The average molecular weight is 613 g/mol. The number of aromatic nitrogens is 3. The number of ether oxygens (including phenoxy) is 3. The molecule has 1 amide bonds. The number of likely N-dealkylation sites (tertiary alicyclic amines) is 1. The lowest BCUT2D eigenvalue weighted by atomic mass is 10.1. The van der Waals surface area contributed by atoms with Crippen molar-refractivity contribution in [2.75, 3.05) is 25.4 Å². The number of hydrogen-bond donors (Lipinski definition) is 0. The molecule has 212 valence electrons. The second-order valence-electron chi connectivity index (χ2n) is 8.22. The minimum atomic E-state index is -4.47. The Morgan fingerprint density at radius 3 is 2.42 bits per heavy atom. The summed E-state index contributed by atoms with van der Waals surface area (Å²) in [5, 5.41) is 8.56. The van der Waals surface area contributed by atoms with Crippen LogP contribution in [-0.2, 0) is 15.7 Å². The Balaban J connectivity index is 1.18. The van der Waals surface area contributed by atoms with Gasteiger partial charge in [-0.1, -0.05) is 47.5 Å². The van der Waals surface area contributed by atoms with E-state index in [1.807, 2.05) is 0 Å². The third-order valence-electron chi connectivity index (χ3n) is 5.35. The van der Waals surface area contributed by atoms with E-state index < -0.39 is 17.8 Å². The number of carbonyl (C=O) groups is 2. The number of pyridine rings is 1. The first-order valence-corrected chi connectivity index (χ1v) is 14.5. The summed E-state index contributed by atoms with van der Waals surface area (Å²) >= 11 is 4.29. The van der Waals surface area contributed by atoms with Gasteiger partial charge in [-0.15, -0.1) is 10.2 Å². The summed E-state index contributed by atoms with van der Waals surface area (Å²) in [4.78, 5) is 29.5. The first kappa shape index (κ1) is 29.7. The number of amides is 1. The van der Waals surface area contributed by atoms with E-state index in [2.05, 4.69) is 21.8 Å². The van der Waals surface area contributed by atoms with Crippen molar-refractivity contribution < 1.29 is 37.0 Å². The minimum absolute atomic E-state index is 0.00551. The zero-order valence-corrected chi connectivity index (χ0v) is 23.3. The second kappa shape index (κ2) is 13.9. The molecule has 0 aliphatic carbocycles. The van der Waals surface area contributed by atoms with Gasteiger partial charge in [-0.3, -0.25) is 4.79 Å². The summed E-state index contributed by atoms with van der Waals surface area (Å²) < 4.78 is 55.3. The number of piperidine rings is 1. The summed E-state index contributed by atoms with van der Waals surface area (Å²) in [5.41, 5.74) is -0.867. The maximum atomic E-state index is 12.7. The number of esters is 1. The molecule has 0 saturated carbocycles. The van der Waals surface area contributed by atoms with Crippen molar-refractivity contribution >= 4 is 46.9 Å². The van der Waals surface area contributed by atoms with Gasteiger partial charge < -0.3 is 19.1 Å². The van der Waals surface area contributed by atoms with E-state index in [-0.39, 0.29) is 29.5 Å². The Morgan fingerprint density at radius 2 is 1.77 bits per heavy atom. The third-order valence-corrected chi connectivity index (χ3v) is 8.80. The van der Waals surface area contributed by atoms with Gasteiger partial charge in [-0.05, 0) is 43.2 Å². The number of rotatable bonds is 10. The quantitative estimate of drug-likeness (QED) is 0.147. The number of benzene rings is 1. The number of carbonyl (C=O) groups excluding carboxylic acids is 2. The van der Waals surface area contributed by atoms with Crippen molar-refractivity contribution in [1.82, 2.24) is 20.1 Å². The number of nitrogens with zero attached hydrogens (tertiary/aromatic N) is 4. The molecule has 40 heavy (non-hydrogen) atoms. The van der Waals surface area contributed by atoms with Crippen LogP contribution in [0.1, 0.15) is 18.4 Å². The molecule has 0 atom stereocenters. The molecule has 15 heteroatoms. The molecule has 1 aliphatic heterocycles. The molecule has 4 rings (SSSR count). The molecular formula is C25H23F3N4O5S3. The van der Waals surface area contributed by atoms with Crippen LogP contribution < -0.4 is 9.47 Å². The molecule has 0 N–H and O–H groups in total. The van der Waals surface area contributed by atoms with Crippen LogP contribution >= 0.6 is 34.9 Å². The summed E-state index contributed by atoms with van der Waals surface area (Å²) in [6.45, 7) is 4.72. The van der Waals surface area contributed by atoms with E-state index >= 15 is 0 Å². The Hall–Kier alpha value is -3.30. The van der Waals surface area contributed by atoms with Crippen molar-refractivity contribution in [3.05, 3.63) is 60.8 Å². The van der Waals surface area contributed by atoms with E-state index in [0.29, 0.717) is 35.1 Å². The van der Waals surface area contributed by atoms with E-state index in [1.165, 1.54) is 53.4 Å². The number of halogens is 3. The summed E-state index contributed by atoms with van der Waals surface area (Å²) in [5.74, 6) is 0.455. The standard InChI is InChI=1S/C25H23F3N4O5S3/c1-2-13-35-21(33)15-38-22-30-31-23(40-22)39-19-9-11-32(12-10-19)24(34)37-18-6-4-17(5-7-18)36-20-8-3-16(14-29-20)25(26,27)28/h2-8,14,19H,1,9-13,15H2. The molecule has 3 aromatic rings. The average Bonchev–Trinajstić information content (AvgIpc) is 3.39. The number of thioether (sulfide) groups is 2. The predicted octanol–water partition coefficient (Wildman–Crippen LogP) is 6.32. The lowest BCUT2D eigenvalue weighted by molar-refractivity contribution is -0.139. The highest BCUT2D eigenvalue weighted by Crippen LogP contribution is 2.35. The molecule has 1 aromatic carbocycles. The number of alkyl halides is 3. The molecule has 3 heterocycles. The number of hydrogen-bond acceptors (Lipinski definition) is 11. The van der Waals surface area contributed by atoms with Gasteiger partial charge in [0.2, 0.25) is 5.88 Å². The van der Waals surface area contributed by atoms with E-state index in [9.17, 15) is 22.8 Å². The highest BCUT2D eigenvalue weighted by Gasteiger charge is 2.31. The van der Waals surface area contributed by atoms with Crippen LogP contribution in [0.2, 0.25) is 0 Å². The van der Waals surface area contributed by atoms with Crippen molar-refractivity contribution in [3.63, 3.8) is 0 Å². The van der Waals surface area contributed by atoms with Crippen molar-refractivity contribution in [1.29, 1.82) is 0 Å². The fourth-order valence-electron chi connectivity index (χ4n) is 3.39. The van der Waals surface area contributed by atoms with Crippen LogP contribution in [0.15, 0.2) is 63.9 Å². The maximum Gasteiger partial charge on any atom is 0.417 e. The Morgan fingerprint density at radius 1 is 1.07 bits per heavy atom. The van der Waals surface area contributed by atoms with E-state index in [1.54, 1.807) is 16.7 Å².